The van der Waals surface area contributed by atoms with E-state index in [1.54, 1.807) is 0 Å². The Kier molecular flexibility index (Phi) is 6.60. The van der Waals surface area contributed by atoms with Crippen LogP contribution in [0.2, 0.25) is 0 Å². The highest BCUT2D eigenvalue weighted by atomic mass is 16.3. The Labute approximate surface area is 349 Å². The monoisotopic (exact) mass is 763 g/mol. The van der Waals surface area contributed by atoms with Crippen LogP contribution in [0.4, 0.5) is 11.4 Å². The van der Waals surface area contributed by atoms with Crippen molar-refractivity contribution in [2.75, 3.05) is 4.81 Å². The molecule has 59 heavy (non-hydrogen) atoms. The quantitative estimate of drug-likeness (QED) is 0.155. The number of rotatable bonds is 1. The standard InChI is InChI=1S/C56H50BNO/c1-53(2,3)33-25-41-38-24-32(31-19-21-44-37(23-31)35-15-11-13-17-43(35)55(44,7)8)20-22-47(38)57-48-29-40-36-16-12-14-18-49(36)59-50(40)30-39(48)42-26-34(54(4,5)6)28-46-52(42)58(57)51(41)45(27-33)56(46,9)10/h11-30H,1-10H3. The fraction of sp³-hybridized carbons (Fsp3) is 0.250. The van der Waals surface area contributed by atoms with Gasteiger partial charge in [-0.2, -0.15) is 0 Å². The van der Waals surface area contributed by atoms with Crippen molar-refractivity contribution in [3.8, 4) is 44.5 Å². The van der Waals surface area contributed by atoms with E-state index >= 15 is 0 Å². The molecular formula is C56H50BNO. The molecule has 4 heterocycles. The molecular weight excluding hydrogens is 713 g/mol. The summed E-state index contributed by atoms with van der Waals surface area (Å²) >= 11 is 0. The van der Waals surface area contributed by atoms with E-state index in [2.05, 4.69) is 195 Å². The average molecular weight is 764 g/mol. The lowest BCUT2D eigenvalue weighted by Crippen LogP contribution is -2.61. The van der Waals surface area contributed by atoms with Gasteiger partial charge in [0.05, 0.1) is 0 Å². The van der Waals surface area contributed by atoms with Crippen LogP contribution in [0.25, 0.3) is 66.4 Å². The zero-order valence-corrected chi connectivity index (χ0v) is 36.0. The molecule has 2 nitrogen and oxygen atoms in total. The maximum absolute atomic E-state index is 6.64. The summed E-state index contributed by atoms with van der Waals surface area (Å²) in [5, 5.41) is 2.35. The zero-order valence-electron chi connectivity index (χ0n) is 36.0. The molecule has 0 N–H and O–H groups in total. The third-order valence-corrected chi connectivity index (χ3v) is 14.7. The van der Waals surface area contributed by atoms with Gasteiger partial charge in [0.25, 0.3) is 0 Å². The smallest absolute Gasteiger partial charge is 0.329 e. The molecule has 12 rings (SSSR count). The van der Waals surface area contributed by atoms with Gasteiger partial charge in [0.15, 0.2) is 0 Å². The molecule has 3 heteroatoms. The lowest BCUT2D eigenvalue weighted by Gasteiger charge is -2.52. The first-order valence-corrected chi connectivity index (χ1v) is 21.5. The van der Waals surface area contributed by atoms with Crippen molar-refractivity contribution in [1.82, 2.24) is 0 Å². The molecule has 7 aromatic carbocycles. The number of fused-ring (bicyclic) bond motifs is 12. The van der Waals surface area contributed by atoms with Crippen molar-refractivity contribution in [2.45, 2.75) is 90.9 Å². The second-order valence-electron chi connectivity index (χ2n) is 21.0. The summed E-state index contributed by atoms with van der Waals surface area (Å²) < 4.78 is 6.64. The second-order valence-corrected chi connectivity index (χ2v) is 21.0. The first kappa shape index (κ1) is 35.2. The molecule has 3 aliphatic heterocycles. The van der Waals surface area contributed by atoms with E-state index in [-0.39, 0.29) is 28.5 Å². The van der Waals surface area contributed by atoms with Gasteiger partial charge < -0.3 is 9.23 Å². The summed E-state index contributed by atoms with van der Waals surface area (Å²) in [6.07, 6.45) is 0. The van der Waals surface area contributed by atoms with Crippen molar-refractivity contribution >= 4 is 51.1 Å². The van der Waals surface area contributed by atoms with Crippen LogP contribution >= 0.6 is 0 Å². The zero-order chi connectivity index (χ0) is 40.7. The van der Waals surface area contributed by atoms with Gasteiger partial charge in [0, 0.05) is 44.1 Å². The molecule has 0 radical (unpaired) electrons. The van der Waals surface area contributed by atoms with Crippen molar-refractivity contribution < 1.29 is 4.42 Å². The lowest BCUT2D eigenvalue weighted by molar-refractivity contribution is 0.574. The first-order chi connectivity index (χ1) is 28.0. The number of nitrogens with zero attached hydrogens (tertiary/aromatic N) is 1. The van der Waals surface area contributed by atoms with Gasteiger partial charge in [0.2, 0.25) is 0 Å². The minimum absolute atomic E-state index is 0.00520. The molecule has 0 unspecified atom stereocenters. The van der Waals surface area contributed by atoms with Crippen LogP contribution in [0.15, 0.2) is 126 Å². The van der Waals surface area contributed by atoms with Gasteiger partial charge >= 0.3 is 6.85 Å². The highest BCUT2D eigenvalue weighted by Gasteiger charge is 2.51. The highest BCUT2D eigenvalue weighted by Crippen LogP contribution is 2.60. The molecule has 0 atom stereocenters. The Morgan fingerprint density at radius 1 is 0.441 bits per heavy atom. The number of para-hydroxylation sites is 1. The highest BCUT2D eigenvalue weighted by molar-refractivity contribution is 6.92. The Hall–Kier alpha value is -5.80. The van der Waals surface area contributed by atoms with Crippen LogP contribution in [0.5, 0.6) is 0 Å². The van der Waals surface area contributed by atoms with Crippen LogP contribution < -0.4 is 15.7 Å². The van der Waals surface area contributed by atoms with Crippen molar-refractivity contribution in [1.29, 1.82) is 0 Å². The van der Waals surface area contributed by atoms with Crippen molar-refractivity contribution in [3.63, 3.8) is 0 Å². The van der Waals surface area contributed by atoms with Gasteiger partial charge in [-0.1, -0.05) is 154 Å². The van der Waals surface area contributed by atoms with Crippen molar-refractivity contribution in [3.05, 3.63) is 155 Å². The van der Waals surface area contributed by atoms with Crippen LogP contribution in [0.3, 0.4) is 0 Å². The molecule has 4 aliphatic rings. The maximum Gasteiger partial charge on any atom is 0.329 e. The van der Waals surface area contributed by atoms with E-state index in [0.717, 1.165) is 11.2 Å². The van der Waals surface area contributed by atoms with Crippen LogP contribution in [0, 0.1) is 0 Å². The molecule has 288 valence electrons. The molecule has 0 fully saturated rings. The molecule has 0 saturated heterocycles. The molecule has 0 spiro atoms. The molecule has 0 saturated carbocycles. The topological polar surface area (TPSA) is 16.4 Å². The Bertz CT molecular complexity index is 3200. The van der Waals surface area contributed by atoms with Gasteiger partial charge in [-0.3, -0.25) is 0 Å². The largest absolute Gasteiger partial charge is 0.456 e. The normalized spacial score (nSPS) is 16.2. The Morgan fingerprint density at radius 3 is 1.68 bits per heavy atom. The predicted molar refractivity (Wildman–Crippen MR) is 251 cm³/mol. The average Bonchev–Trinajstić information content (AvgIpc) is 3.68. The summed E-state index contributed by atoms with van der Waals surface area (Å²) in [6, 6.07) is 47.0. The van der Waals surface area contributed by atoms with Crippen LogP contribution in [-0.4, -0.2) is 6.85 Å². The predicted octanol–water partition coefficient (Wildman–Crippen LogP) is 13.7. The number of benzene rings is 7. The summed E-state index contributed by atoms with van der Waals surface area (Å²) in [7, 11) is 0. The minimum atomic E-state index is -0.242. The fourth-order valence-electron chi connectivity index (χ4n) is 11.3. The minimum Gasteiger partial charge on any atom is -0.456 e. The number of hydrogen-bond acceptors (Lipinski definition) is 2. The van der Waals surface area contributed by atoms with Gasteiger partial charge in [0.1, 0.15) is 11.2 Å². The van der Waals surface area contributed by atoms with Gasteiger partial charge in [-0.15, -0.1) is 0 Å². The summed E-state index contributed by atoms with van der Waals surface area (Å²) in [5.74, 6) is 0. The first-order valence-electron chi connectivity index (χ1n) is 21.5. The molecule has 1 aliphatic carbocycles. The second kappa shape index (κ2) is 11.1. The van der Waals surface area contributed by atoms with E-state index < -0.39 is 0 Å². The fourth-order valence-corrected chi connectivity index (χ4v) is 11.3. The molecule has 0 amide bonds. The summed E-state index contributed by atoms with van der Waals surface area (Å²) in [4.78, 5) is 2.76. The lowest BCUT2D eigenvalue weighted by atomic mass is 9.41. The molecule has 0 bridgehead atoms. The van der Waals surface area contributed by atoms with E-state index in [1.807, 2.05) is 0 Å². The molecule has 1 aromatic heterocycles. The summed E-state index contributed by atoms with van der Waals surface area (Å²) in [6.45, 7) is 23.8. The third kappa shape index (κ3) is 4.54. The van der Waals surface area contributed by atoms with E-state index in [4.69, 9.17) is 4.42 Å². The number of anilines is 2. The van der Waals surface area contributed by atoms with Crippen LogP contribution in [0.1, 0.15) is 103 Å². The van der Waals surface area contributed by atoms with Crippen LogP contribution in [-0.2, 0) is 21.7 Å². The number of hydrogen-bond donors (Lipinski definition) is 0. The Balaban J connectivity index is 1.18. The van der Waals surface area contributed by atoms with E-state index in [9.17, 15) is 0 Å². The number of furan rings is 1. The van der Waals surface area contributed by atoms with Gasteiger partial charge in [-0.05, 0) is 125 Å². The summed E-state index contributed by atoms with van der Waals surface area (Å²) in [5.41, 5.74) is 25.9. The molecule has 8 aromatic rings. The maximum atomic E-state index is 6.64. The van der Waals surface area contributed by atoms with E-state index in [0.29, 0.717) is 0 Å². The van der Waals surface area contributed by atoms with Gasteiger partial charge in [-0.25, -0.2) is 0 Å². The Morgan fingerprint density at radius 2 is 1.00 bits per heavy atom. The third-order valence-electron chi connectivity index (χ3n) is 14.7. The SMILES string of the molecule is CC(C)(C)c1cc2c3c(c1)C(C)(C)c1cc(C(C)(C)C)cc4c1N3B(c1ccc(-c3ccc5c(c3)-c3ccccc3C5(C)C)cc1-2)c1cc2c(cc1-4)oc1ccccc12. The van der Waals surface area contributed by atoms with Crippen molar-refractivity contribution in [2.24, 2.45) is 0 Å². The van der Waals surface area contributed by atoms with E-state index in [1.165, 1.54) is 111 Å².